The Labute approximate surface area is 239 Å². The minimum Gasteiger partial charge on any atom is -0.507 e. The molecule has 0 spiro atoms. The maximum absolute atomic E-state index is 11.8. The maximum atomic E-state index is 11.8. The number of fused-ring (bicyclic) bond motifs is 5. The van der Waals surface area contributed by atoms with Crippen LogP contribution < -0.4 is 29.0 Å². The molecule has 5 rings (SSSR count). The van der Waals surface area contributed by atoms with E-state index in [2.05, 4.69) is 5.32 Å². The fourth-order valence-electron chi connectivity index (χ4n) is 5.65. The highest BCUT2D eigenvalue weighted by Gasteiger charge is 2.37. The largest absolute Gasteiger partial charge is 0.507 e. The van der Waals surface area contributed by atoms with Gasteiger partial charge in [-0.25, -0.2) is 0 Å². The summed E-state index contributed by atoms with van der Waals surface area (Å²) in [5.41, 5.74) is 4.46. The number of phenolic OH excluding ortho intramolecular Hbond substituents is 2. The summed E-state index contributed by atoms with van der Waals surface area (Å²) in [5, 5.41) is 45.9. The molecular weight excluding hydrogens is 530 g/mol. The van der Waals surface area contributed by atoms with Crippen LogP contribution in [0.1, 0.15) is 47.6 Å². The minimum absolute atomic E-state index is 0.0419. The van der Waals surface area contributed by atoms with E-state index in [4.69, 9.17) is 28.8 Å². The lowest BCUT2D eigenvalue weighted by molar-refractivity contribution is 0.0875. The first-order chi connectivity index (χ1) is 19.9. The summed E-state index contributed by atoms with van der Waals surface area (Å²) < 4.78 is 28.8. The monoisotopic (exact) mass is 567 g/mol. The molecule has 1 aliphatic carbocycles. The van der Waals surface area contributed by atoms with Crippen molar-refractivity contribution in [3.63, 3.8) is 0 Å². The average molecular weight is 568 g/mol. The summed E-state index contributed by atoms with van der Waals surface area (Å²) in [4.78, 5) is 0. The Bertz CT molecular complexity index is 1410. The molecule has 10 heteroatoms. The molecule has 0 aromatic heterocycles. The summed E-state index contributed by atoms with van der Waals surface area (Å²) in [6.45, 7) is 3.40. The van der Waals surface area contributed by atoms with E-state index in [-0.39, 0.29) is 42.8 Å². The molecule has 3 aromatic rings. The predicted molar refractivity (Wildman–Crippen MR) is 152 cm³/mol. The highest BCUT2D eigenvalue weighted by Crippen LogP contribution is 2.53. The number of phenols is 2. The van der Waals surface area contributed by atoms with Crippen LogP contribution in [-0.4, -0.2) is 67.7 Å². The van der Waals surface area contributed by atoms with E-state index < -0.39 is 12.0 Å². The van der Waals surface area contributed by atoms with E-state index in [1.54, 1.807) is 25.3 Å². The third-order valence-electron chi connectivity index (χ3n) is 7.67. The van der Waals surface area contributed by atoms with Crippen LogP contribution in [0, 0.1) is 0 Å². The minimum atomic E-state index is -0.968. The molecule has 0 amide bonds. The second-order valence-corrected chi connectivity index (χ2v) is 10.1. The van der Waals surface area contributed by atoms with Crippen LogP contribution >= 0.6 is 0 Å². The first-order valence-corrected chi connectivity index (χ1v) is 13.8. The van der Waals surface area contributed by atoms with Crippen LogP contribution in [0.4, 0.5) is 0 Å². The van der Waals surface area contributed by atoms with Gasteiger partial charge in [-0.3, -0.25) is 5.32 Å². The van der Waals surface area contributed by atoms with Crippen molar-refractivity contribution in [2.24, 2.45) is 0 Å². The quantitative estimate of drug-likeness (QED) is 0.172. The lowest BCUT2D eigenvalue weighted by Gasteiger charge is -2.35. The first-order valence-electron chi connectivity index (χ1n) is 13.8. The molecule has 0 radical (unpaired) electrons. The van der Waals surface area contributed by atoms with Crippen molar-refractivity contribution in [3.05, 3.63) is 52.6 Å². The number of benzene rings is 3. The third-order valence-corrected chi connectivity index (χ3v) is 7.67. The summed E-state index contributed by atoms with van der Waals surface area (Å²) in [5.74, 6) is 1.52. The number of hydrogen-bond donors (Lipinski definition) is 5. The number of hydrogen-bond acceptors (Lipinski definition) is 10. The van der Waals surface area contributed by atoms with Gasteiger partial charge in [0.15, 0.2) is 11.5 Å². The molecule has 1 heterocycles. The summed E-state index contributed by atoms with van der Waals surface area (Å²) in [6.07, 6.45) is 0.638. The van der Waals surface area contributed by atoms with Crippen LogP contribution in [0.25, 0.3) is 11.1 Å². The van der Waals surface area contributed by atoms with Crippen molar-refractivity contribution in [1.82, 2.24) is 5.32 Å². The third kappa shape index (κ3) is 5.42. The Balaban J connectivity index is 1.56. The van der Waals surface area contributed by atoms with Crippen molar-refractivity contribution < 1.29 is 44.1 Å². The second kappa shape index (κ2) is 12.3. The van der Waals surface area contributed by atoms with Gasteiger partial charge in [0, 0.05) is 47.8 Å². The second-order valence-electron chi connectivity index (χ2n) is 10.1. The smallest absolute Gasteiger partial charge is 0.200 e. The molecule has 220 valence electrons. The van der Waals surface area contributed by atoms with Crippen LogP contribution in [0.15, 0.2) is 30.3 Å². The maximum Gasteiger partial charge on any atom is 0.200 e. The van der Waals surface area contributed by atoms with Crippen LogP contribution in [0.5, 0.6) is 40.2 Å². The Kier molecular flexibility index (Phi) is 8.63. The number of aromatic hydroxyl groups is 2. The standard InChI is InChI=1S/C31H37NO9/c1-4-32-16-41-18-12-21-19(24(13-18)37-2)6-7-20-28(21)23(34)14-25-29(20)30(35)22(15-40-25)17-10-26(38-3)31(36)27(11-17)39-9-5-8-33/h10-14,22,30,32-36H,4-9,15-16H2,1-3H3/t22-,30-/m0/s1. The van der Waals surface area contributed by atoms with Gasteiger partial charge in [0.25, 0.3) is 0 Å². The SMILES string of the molecule is CCNCOc1cc(OC)c2c(c1)-c1c(O)cc3c(c1CC2)[C@@H](O)[C@H](c1cc(OC)c(O)c(OCCCO)c1)CO3. The van der Waals surface area contributed by atoms with Crippen LogP contribution in [-0.2, 0) is 12.8 Å². The molecule has 41 heavy (non-hydrogen) atoms. The van der Waals surface area contributed by atoms with Crippen molar-refractivity contribution in [2.75, 3.05) is 47.3 Å². The lowest BCUT2D eigenvalue weighted by Crippen LogP contribution is -2.26. The van der Waals surface area contributed by atoms with E-state index in [0.717, 1.165) is 23.2 Å². The molecule has 0 bridgehead atoms. The number of rotatable bonds is 11. The predicted octanol–water partition coefficient (Wildman–Crippen LogP) is 3.80. The molecule has 5 N–H and O–H groups in total. The average Bonchev–Trinajstić information content (AvgIpc) is 2.97. The van der Waals surface area contributed by atoms with Gasteiger partial charge < -0.3 is 44.1 Å². The van der Waals surface area contributed by atoms with E-state index in [0.29, 0.717) is 59.9 Å². The van der Waals surface area contributed by atoms with Crippen LogP contribution in [0.3, 0.4) is 0 Å². The molecule has 10 nitrogen and oxygen atoms in total. The molecule has 0 saturated carbocycles. The zero-order chi connectivity index (χ0) is 29.1. The fourth-order valence-corrected chi connectivity index (χ4v) is 5.65. The van der Waals surface area contributed by atoms with E-state index in [9.17, 15) is 15.3 Å². The van der Waals surface area contributed by atoms with E-state index in [1.165, 1.54) is 7.11 Å². The highest BCUT2D eigenvalue weighted by atomic mass is 16.5. The zero-order valence-corrected chi connectivity index (χ0v) is 23.5. The van der Waals surface area contributed by atoms with Gasteiger partial charge in [0.2, 0.25) is 5.75 Å². The number of nitrogens with one attached hydrogen (secondary N) is 1. The molecule has 2 atom stereocenters. The number of aliphatic hydroxyl groups is 2. The Morgan fingerprint density at radius 1 is 0.951 bits per heavy atom. The Morgan fingerprint density at radius 3 is 2.44 bits per heavy atom. The normalized spacial score (nSPS) is 17.1. The molecule has 1 aliphatic heterocycles. The number of ether oxygens (including phenoxy) is 5. The van der Waals surface area contributed by atoms with Gasteiger partial charge in [-0.15, -0.1) is 0 Å². The lowest BCUT2D eigenvalue weighted by atomic mass is 9.77. The number of aliphatic hydroxyl groups excluding tert-OH is 2. The van der Waals surface area contributed by atoms with Gasteiger partial charge in [0.05, 0.1) is 33.5 Å². The molecule has 0 unspecified atom stereocenters. The Morgan fingerprint density at radius 2 is 1.71 bits per heavy atom. The van der Waals surface area contributed by atoms with Gasteiger partial charge in [-0.1, -0.05) is 6.92 Å². The van der Waals surface area contributed by atoms with Crippen molar-refractivity contribution in [2.45, 2.75) is 38.2 Å². The van der Waals surface area contributed by atoms with Gasteiger partial charge in [0.1, 0.15) is 29.7 Å². The zero-order valence-electron chi connectivity index (χ0n) is 23.5. The van der Waals surface area contributed by atoms with Gasteiger partial charge in [-0.05, 0) is 54.3 Å². The van der Waals surface area contributed by atoms with Gasteiger partial charge in [-0.2, -0.15) is 0 Å². The molecule has 0 saturated heterocycles. The van der Waals surface area contributed by atoms with Crippen molar-refractivity contribution in [3.8, 4) is 51.4 Å². The topological polar surface area (TPSA) is 139 Å². The van der Waals surface area contributed by atoms with E-state index >= 15 is 0 Å². The summed E-state index contributed by atoms with van der Waals surface area (Å²) >= 11 is 0. The van der Waals surface area contributed by atoms with Crippen LogP contribution in [0.2, 0.25) is 0 Å². The molecular formula is C31H37NO9. The Hall–Kier alpha value is -3.86. The first kappa shape index (κ1) is 28.7. The van der Waals surface area contributed by atoms with Crippen molar-refractivity contribution in [1.29, 1.82) is 0 Å². The summed E-state index contributed by atoms with van der Waals surface area (Å²) in [6, 6.07) is 8.63. The van der Waals surface area contributed by atoms with Crippen molar-refractivity contribution >= 4 is 0 Å². The number of methoxy groups -OCH3 is 2. The molecule has 3 aromatic carbocycles. The summed E-state index contributed by atoms with van der Waals surface area (Å²) in [7, 11) is 3.06. The molecule has 0 fully saturated rings. The highest BCUT2D eigenvalue weighted by molar-refractivity contribution is 5.84. The van der Waals surface area contributed by atoms with Gasteiger partial charge >= 0.3 is 0 Å². The molecule has 2 aliphatic rings. The van der Waals surface area contributed by atoms with E-state index in [1.807, 2.05) is 19.1 Å². The fraction of sp³-hybridized carbons (Fsp3) is 0.419.